The van der Waals surface area contributed by atoms with E-state index in [2.05, 4.69) is 20.6 Å². The highest BCUT2D eigenvalue weighted by atomic mass is 15.4. The number of nitrogens with zero attached hydrogens (tertiary/aromatic N) is 4. The van der Waals surface area contributed by atoms with Crippen molar-refractivity contribution in [1.29, 1.82) is 0 Å². The maximum atomic E-state index is 4.22. The van der Waals surface area contributed by atoms with Crippen molar-refractivity contribution < 1.29 is 0 Å². The van der Waals surface area contributed by atoms with Crippen LogP contribution in [0.15, 0.2) is 18.3 Å². The number of fused-ring (bicyclic) bond motifs is 1. The van der Waals surface area contributed by atoms with Gasteiger partial charge in [-0.2, -0.15) is 9.61 Å². The van der Waals surface area contributed by atoms with Gasteiger partial charge in [0, 0.05) is 12.6 Å². The smallest absolute Gasteiger partial charge is 0.177 e. The van der Waals surface area contributed by atoms with Crippen LogP contribution in [-0.2, 0) is 6.42 Å². The Bertz CT molecular complexity index is 445. The van der Waals surface area contributed by atoms with Crippen LogP contribution in [-0.4, -0.2) is 32.9 Å². The molecule has 3 rings (SSSR count). The van der Waals surface area contributed by atoms with Gasteiger partial charge in [-0.25, -0.2) is 0 Å². The molecule has 3 heterocycles. The van der Waals surface area contributed by atoms with Gasteiger partial charge in [-0.3, -0.25) is 0 Å². The number of hydrogen-bond donors (Lipinski definition) is 1. The average molecular weight is 189 g/mol. The first kappa shape index (κ1) is 7.87. The molecule has 1 aliphatic heterocycles. The fourth-order valence-corrected chi connectivity index (χ4v) is 1.67. The summed E-state index contributed by atoms with van der Waals surface area (Å²) in [6.45, 7) is 2.17. The van der Waals surface area contributed by atoms with Gasteiger partial charge >= 0.3 is 0 Å². The molecule has 5 nitrogen and oxygen atoms in total. The molecule has 1 saturated heterocycles. The second kappa shape index (κ2) is 3.02. The molecule has 0 spiro atoms. The van der Waals surface area contributed by atoms with Crippen molar-refractivity contribution in [2.75, 3.05) is 13.1 Å². The average Bonchev–Trinajstić information content (AvgIpc) is 2.55. The van der Waals surface area contributed by atoms with Gasteiger partial charge in [0.25, 0.3) is 0 Å². The summed E-state index contributed by atoms with van der Waals surface area (Å²) in [5.41, 5.74) is 0.829. The third-order valence-corrected chi connectivity index (χ3v) is 2.58. The minimum atomic E-state index is 0.699. The minimum absolute atomic E-state index is 0.699. The lowest BCUT2D eigenvalue weighted by Crippen LogP contribution is -2.43. The summed E-state index contributed by atoms with van der Waals surface area (Å²) >= 11 is 0. The molecular formula is C9H11N5. The van der Waals surface area contributed by atoms with E-state index in [1.807, 2.05) is 16.6 Å². The third-order valence-electron chi connectivity index (χ3n) is 2.58. The minimum Gasteiger partial charge on any atom is -0.316 e. The normalized spacial score (nSPS) is 17.1. The van der Waals surface area contributed by atoms with Crippen LogP contribution in [0.5, 0.6) is 0 Å². The molecule has 14 heavy (non-hydrogen) atoms. The zero-order valence-electron chi connectivity index (χ0n) is 7.72. The van der Waals surface area contributed by atoms with Gasteiger partial charge in [-0.1, -0.05) is 0 Å². The second-order valence-corrected chi connectivity index (χ2v) is 3.64. The van der Waals surface area contributed by atoms with Crippen molar-refractivity contribution >= 4 is 5.65 Å². The van der Waals surface area contributed by atoms with Gasteiger partial charge in [-0.15, -0.1) is 10.2 Å². The molecule has 5 heteroatoms. The number of nitrogens with one attached hydrogen (secondary N) is 1. The first-order valence-electron chi connectivity index (χ1n) is 4.79. The van der Waals surface area contributed by atoms with Crippen LogP contribution in [0, 0.1) is 5.92 Å². The van der Waals surface area contributed by atoms with E-state index in [1.165, 1.54) is 0 Å². The summed E-state index contributed by atoms with van der Waals surface area (Å²) in [5, 5.41) is 15.7. The van der Waals surface area contributed by atoms with E-state index in [-0.39, 0.29) is 0 Å². The molecule has 0 saturated carbocycles. The highest BCUT2D eigenvalue weighted by Crippen LogP contribution is 2.10. The molecule has 0 radical (unpaired) electrons. The Balaban J connectivity index is 1.95. The monoisotopic (exact) mass is 189 g/mol. The molecule has 72 valence electrons. The molecule has 2 aromatic rings. The van der Waals surface area contributed by atoms with E-state index in [4.69, 9.17) is 0 Å². The highest BCUT2D eigenvalue weighted by molar-refractivity contribution is 5.34. The van der Waals surface area contributed by atoms with Crippen molar-refractivity contribution in [3.05, 3.63) is 24.2 Å². The topological polar surface area (TPSA) is 55.1 Å². The van der Waals surface area contributed by atoms with Crippen LogP contribution in [0.3, 0.4) is 0 Å². The maximum Gasteiger partial charge on any atom is 0.177 e. The van der Waals surface area contributed by atoms with Crippen LogP contribution in [0.25, 0.3) is 5.65 Å². The van der Waals surface area contributed by atoms with Gasteiger partial charge in [0.1, 0.15) is 0 Å². The standard InChI is InChI=1S/C9H11N5/c1-2-8-12-13-9(14(8)11-3-1)4-7-5-10-6-7/h1-3,7,10H,4-6H2. The quantitative estimate of drug-likeness (QED) is 0.716. The van der Waals surface area contributed by atoms with Crippen LogP contribution in [0.1, 0.15) is 5.82 Å². The second-order valence-electron chi connectivity index (χ2n) is 3.64. The van der Waals surface area contributed by atoms with E-state index in [0.29, 0.717) is 5.92 Å². The lowest BCUT2D eigenvalue weighted by molar-refractivity contribution is 0.339. The number of aromatic nitrogens is 4. The molecule has 0 bridgehead atoms. The van der Waals surface area contributed by atoms with Crippen molar-refractivity contribution in [3.63, 3.8) is 0 Å². The Kier molecular flexibility index (Phi) is 1.70. The Morgan fingerprint density at radius 2 is 2.36 bits per heavy atom. The maximum absolute atomic E-state index is 4.22. The zero-order valence-corrected chi connectivity index (χ0v) is 7.72. The number of hydrogen-bond acceptors (Lipinski definition) is 4. The molecule has 1 fully saturated rings. The fourth-order valence-electron chi connectivity index (χ4n) is 1.67. The lowest BCUT2D eigenvalue weighted by Gasteiger charge is -2.25. The van der Waals surface area contributed by atoms with E-state index in [1.54, 1.807) is 6.20 Å². The Morgan fingerprint density at radius 3 is 3.14 bits per heavy atom. The molecule has 2 aromatic heterocycles. The predicted octanol–water partition coefficient (Wildman–Crippen LogP) is -0.114. The predicted molar refractivity (Wildman–Crippen MR) is 50.8 cm³/mol. The van der Waals surface area contributed by atoms with Crippen LogP contribution in [0.4, 0.5) is 0 Å². The molecule has 1 aliphatic rings. The Labute approximate surface area is 81.1 Å². The molecule has 0 aromatic carbocycles. The van der Waals surface area contributed by atoms with E-state index in [9.17, 15) is 0 Å². The van der Waals surface area contributed by atoms with Gasteiger partial charge in [-0.05, 0) is 31.1 Å². The van der Waals surface area contributed by atoms with Crippen LogP contribution < -0.4 is 5.32 Å². The van der Waals surface area contributed by atoms with Gasteiger partial charge < -0.3 is 5.32 Å². The van der Waals surface area contributed by atoms with Crippen LogP contribution in [0.2, 0.25) is 0 Å². The molecule has 0 aliphatic carbocycles. The summed E-state index contributed by atoms with van der Waals surface area (Å²) in [5.74, 6) is 1.66. The first-order chi connectivity index (χ1) is 6.93. The lowest BCUT2D eigenvalue weighted by atomic mass is 9.99. The summed E-state index contributed by atoms with van der Waals surface area (Å²) < 4.78 is 1.82. The van der Waals surface area contributed by atoms with Crippen molar-refractivity contribution in [2.24, 2.45) is 5.92 Å². The molecule has 0 unspecified atom stereocenters. The van der Waals surface area contributed by atoms with E-state index in [0.717, 1.165) is 31.0 Å². The highest BCUT2D eigenvalue weighted by Gasteiger charge is 2.19. The van der Waals surface area contributed by atoms with Gasteiger partial charge in [0.15, 0.2) is 11.5 Å². The van der Waals surface area contributed by atoms with E-state index >= 15 is 0 Å². The van der Waals surface area contributed by atoms with Gasteiger partial charge in [0.2, 0.25) is 0 Å². The third kappa shape index (κ3) is 1.17. The Hall–Kier alpha value is -1.49. The molecule has 0 atom stereocenters. The van der Waals surface area contributed by atoms with Crippen molar-refractivity contribution in [1.82, 2.24) is 25.1 Å². The molecular weight excluding hydrogens is 178 g/mol. The fraction of sp³-hybridized carbons (Fsp3) is 0.444. The summed E-state index contributed by atoms with van der Waals surface area (Å²) in [4.78, 5) is 0. The van der Waals surface area contributed by atoms with Crippen molar-refractivity contribution in [2.45, 2.75) is 6.42 Å². The molecule has 0 amide bonds. The summed E-state index contributed by atoms with van der Waals surface area (Å²) in [7, 11) is 0. The zero-order chi connectivity index (χ0) is 9.38. The summed E-state index contributed by atoms with van der Waals surface area (Å²) in [6, 6.07) is 3.79. The largest absolute Gasteiger partial charge is 0.316 e. The van der Waals surface area contributed by atoms with Crippen LogP contribution >= 0.6 is 0 Å². The first-order valence-corrected chi connectivity index (χ1v) is 4.79. The van der Waals surface area contributed by atoms with E-state index < -0.39 is 0 Å². The molecule has 1 N–H and O–H groups in total. The number of rotatable bonds is 2. The van der Waals surface area contributed by atoms with Gasteiger partial charge in [0.05, 0.1) is 0 Å². The summed E-state index contributed by atoms with van der Waals surface area (Å²) in [6.07, 6.45) is 2.73. The Morgan fingerprint density at radius 1 is 1.43 bits per heavy atom. The van der Waals surface area contributed by atoms with Crippen molar-refractivity contribution in [3.8, 4) is 0 Å². The SMILES string of the molecule is c1cnn2c(CC3CNC3)nnc2c1.